The van der Waals surface area contributed by atoms with E-state index in [4.69, 9.17) is 14.6 Å². The van der Waals surface area contributed by atoms with E-state index in [1.807, 2.05) is 13.0 Å². The van der Waals surface area contributed by atoms with E-state index in [0.717, 1.165) is 5.56 Å². The topological polar surface area (TPSA) is 55.8 Å². The summed E-state index contributed by atoms with van der Waals surface area (Å²) < 4.78 is 10.3. The molecule has 1 atom stereocenters. The molecule has 0 amide bonds. The Labute approximate surface area is 107 Å². The minimum atomic E-state index is -0.410. The van der Waals surface area contributed by atoms with E-state index in [9.17, 15) is 4.79 Å². The SMILES string of the molecule is C/C=C/C(C)OC(=O)COc1ccc(CO)cc1. The number of benzene rings is 1. The van der Waals surface area contributed by atoms with Crippen LogP contribution < -0.4 is 4.74 Å². The van der Waals surface area contributed by atoms with Crippen LogP contribution in [-0.4, -0.2) is 23.8 Å². The van der Waals surface area contributed by atoms with Crippen molar-refractivity contribution < 1.29 is 19.4 Å². The molecule has 18 heavy (non-hydrogen) atoms. The number of carbonyl (C=O) groups excluding carboxylic acids is 1. The molecule has 0 radical (unpaired) electrons. The van der Waals surface area contributed by atoms with Gasteiger partial charge in [0.05, 0.1) is 6.61 Å². The molecule has 1 aromatic carbocycles. The van der Waals surface area contributed by atoms with Gasteiger partial charge in [0.2, 0.25) is 0 Å². The van der Waals surface area contributed by atoms with E-state index in [1.54, 1.807) is 37.3 Å². The van der Waals surface area contributed by atoms with E-state index in [-0.39, 0.29) is 19.3 Å². The van der Waals surface area contributed by atoms with Gasteiger partial charge in [-0.05, 0) is 37.6 Å². The molecule has 0 aliphatic heterocycles. The van der Waals surface area contributed by atoms with Crippen molar-refractivity contribution in [2.24, 2.45) is 0 Å². The maximum absolute atomic E-state index is 11.4. The highest BCUT2D eigenvalue weighted by molar-refractivity contribution is 5.71. The summed E-state index contributed by atoms with van der Waals surface area (Å²) in [6.45, 7) is 3.51. The van der Waals surface area contributed by atoms with Crippen LogP contribution in [0.1, 0.15) is 19.4 Å². The van der Waals surface area contributed by atoms with Crippen LogP contribution in [0, 0.1) is 0 Å². The van der Waals surface area contributed by atoms with Crippen molar-refractivity contribution in [3.8, 4) is 5.75 Å². The number of aliphatic hydroxyl groups excluding tert-OH is 1. The van der Waals surface area contributed by atoms with Gasteiger partial charge in [0, 0.05) is 0 Å². The maximum atomic E-state index is 11.4. The molecule has 0 aliphatic rings. The quantitative estimate of drug-likeness (QED) is 0.620. The molecule has 1 rings (SSSR count). The zero-order chi connectivity index (χ0) is 13.4. The predicted molar refractivity (Wildman–Crippen MR) is 68.2 cm³/mol. The van der Waals surface area contributed by atoms with E-state index in [2.05, 4.69) is 0 Å². The third-order valence-corrected chi connectivity index (χ3v) is 2.24. The Morgan fingerprint density at radius 3 is 2.61 bits per heavy atom. The third kappa shape index (κ3) is 5.01. The van der Waals surface area contributed by atoms with Gasteiger partial charge in [-0.15, -0.1) is 0 Å². The molecule has 0 aromatic heterocycles. The lowest BCUT2D eigenvalue weighted by atomic mass is 10.2. The van der Waals surface area contributed by atoms with Gasteiger partial charge in [-0.3, -0.25) is 0 Å². The lowest BCUT2D eigenvalue weighted by molar-refractivity contribution is -0.148. The summed E-state index contributed by atoms with van der Waals surface area (Å²) in [4.78, 5) is 11.4. The highest BCUT2D eigenvalue weighted by atomic mass is 16.6. The molecule has 0 bridgehead atoms. The van der Waals surface area contributed by atoms with Crippen molar-refractivity contribution in [3.05, 3.63) is 42.0 Å². The zero-order valence-electron chi connectivity index (χ0n) is 10.6. The van der Waals surface area contributed by atoms with E-state index < -0.39 is 5.97 Å². The molecule has 0 fully saturated rings. The first-order chi connectivity index (χ1) is 8.65. The maximum Gasteiger partial charge on any atom is 0.344 e. The average molecular weight is 250 g/mol. The van der Waals surface area contributed by atoms with Crippen LogP contribution in [0.15, 0.2) is 36.4 Å². The molecule has 1 unspecified atom stereocenters. The van der Waals surface area contributed by atoms with Crippen LogP contribution in [0.25, 0.3) is 0 Å². The predicted octanol–water partition coefficient (Wildman–Crippen LogP) is 2.07. The number of ether oxygens (including phenoxy) is 2. The van der Waals surface area contributed by atoms with Crippen molar-refractivity contribution in [3.63, 3.8) is 0 Å². The van der Waals surface area contributed by atoms with Gasteiger partial charge in [0.1, 0.15) is 11.9 Å². The lowest BCUT2D eigenvalue weighted by Gasteiger charge is -2.10. The van der Waals surface area contributed by atoms with Gasteiger partial charge < -0.3 is 14.6 Å². The summed E-state index contributed by atoms with van der Waals surface area (Å²) in [6, 6.07) is 6.88. The van der Waals surface area contributed by atoms with Crippen LogP contribution >= 0.6 is 0 Å². The van der Waals surface area contributed by atoms with Gasteiger partial charge >= 0.3 is 5.97 Å². The fourth-order valence-electron chi connectivity index (χ4n) is 1.39. The van der Waals surface area contributed by atoms with E-state index in [1.165, 1.54) is 0 Å². The molecule has 0 aliphatic carbocycles. The van der Waals surface area contributed by atoms with Crippen LogP contribution in [0.5, 0.6) is 5.75 Å². The zero-order valence-corrected chi connectivity index (χ0v) is 10.6. The largest absolute Gasteiger partial charge is 0.482 e. The highest BCUT2D eigenvalue weighted by Crippen LogP contribution is 2.12. The minimum absolute atomic E-state index is 0.0107. The molecule has 98 valence electrons. The summed E-state index contributed by atoms with van der Waals surface area (Å²) in [5, 5.41) is 8.87. The second-order valence-electron chi connectivity index (χ2n) is 3.81. The standard InChI is InChI=1S/C14H18O4/c1-3-4-11(2)18-14(16)10-17-13-7-5-12(9-15)6-8-13/h3-8,11,15H,9-10H2,1-2H3/b4-3+. The molecular weight excluding hydrogens is 232 g/mol. The van der Waals surface area contributed by atoms with Gasteiger partial charge in [-0.2, -0.15) is 0 Å². The Hall–Kier alpha value is -1.81. The molecule has 1 aromatic rings. The van der Waals surface area contributed by atoms with Crippen molar-refractivity contribution in [2.75, 3.05) is 6.61 Å². The van der Waals surface area contributed by atoms with E-state index >= 15 is 0 Å². The summed E-state index contributed by atoms with van der Waals surface area (Å²) in [6.07, 6.45) is 3.36. The second kappa shape index (κ2) is 7.50. The van der Waals surface area contributed by atoms with Crippen LogP contribution in [0.2, 0.25) is 0 Å². The second-order valence-corrected chi connectivity index (χ2v) is 3.81. The number of aliphatic hydroxyl groups is 1. The van der Waals surface area contributed by atoms with Crippen LogP contribution in [0.4, 0.5) is 0 Å². The molecule has 0 spiro atoms. The summed E-state index contributed by atoms with van der Waals surface area (Å²) in [5.74, 6) is 0.162. The average Bonchev–Trinajstić information content (AvgIpc) is 2.37. The number of hydrogen-bond donors (Lipinski definition) is 1. The first kappa shape index (κ1) is 14.3. The van der Waals surface area contributed by atoms with Gasteiger partial charge in [0.15, 0.2) is 6.61 Å². The third-order valence-electron chi connectivity index (χ3n) is 2.24. The first-order valence-electron chi connectivity index (χ1n) is 5.80. The first-order valence-corrected chi connectivity index (χ1v) is 5.80. The minimum Gasteiger partial charge on any atom is -0.482 e. The summed E-state index contributed by atoms with van der Waals surface area (Å²) in [5.41, 5.74) is 0.798. The molecular formula is C14H18O4. The number of carbonyl (C=O) groups is 1. The van der Waals surface area contributed by atoms with E-state index in [0.29, 0.717) is 5.75 Å². The summed E-state index contributed by atoms with van der Waals surface area (Å²) >= 11 is 0. The van der Waals surface area contributed by atoms with Gasteiger partial charge in [0.25, 0.3) is 0 Å². The van der Waals surface area contributed by atoms with Crippen molar-refractivity contribution in [2.45, 2.75) is 26.6 Å². The van der Waals surface area contributed by atoms with Gasteiger partial charge in [-0.25, -0.2) is 4.79 Å². The Kier molecular flexibility index (Phi) is 5.94. The normalized spacial score (nSPS) is 12.4. The molecule has 0 heterocycles. The molecule has 4 nitrogen and oxygen atoms in total. The smallest absolute Gasteiger partial charge is 0.344 e. The Morgan fingerprint density at radius 1 is 1.39 bits per heavy atom. The highest BCUT2D eigenvalue weighted by Gasteiger charge is 2.07. The lowest BCUT2D eigenvalue weighted by Crippen LogP contribution is -2.19. The number of rotatable bonds is 6. The molecule has 0 saturated carbocycles. The summed E-state index contributed by atoms with van der Waals surface area (Å²) in [7, 11) is 0. The fourth-order valence-corrected chi connectivity index (χ4v) is 1.39. The number of esters is 1. The Balaban J connectivity index is 2.37. The molecule has 4 heteroatoms. The fraction of sp³-hybridized carbons (Fsp3) is 0.357. The number of hydrogen-bond acceptors (Lipinski definition) is 4. The van der Waals surface area contributed by atoms with Gasteiger partial charge in [-0.1, -0.05) is 18.2 Å². The van der Waals surface area contributed by atoms with Crippen molar-refractivity contribution in [1.82, 2.24) is 0 Å². The Bertz CT molecular complexity index is 395. The number of allylic oxidation sites excluding steroid dienone is 1. The monoisotopic (exact) mass is 250 g/mol. The van der Waals surface area contributed by atoms with Crippen LogP contribution in [-0.2, 0) is 16.1 Å². The van der Waals surface area contributed by atoms with Crippen LogP contribution in [0.3, 0.4) is 0 Å². The van der Waals surface area contributed by atoms with Crippen molar-refractivity contribution in [1.29, 1.82) is 0 Å². The molecule has 0 saturated heterocycles. The Morgan fingerprint density at radius 2 is 2.06 bits per heavy atom. The molecule has 1 N–H and O–H groups in total. The van der Waals surface area contributed by atoms with Crippen molar-refractivity contribution >= 4 is 5.97 Å².